The van der Waals surface area contributed by atoms with Crippen LogP contribution in [0.1, 0.15) is 32.6 Å². The lowest BCUT2D eigenvalue weighted by atomic mass is 9.87. The fourth-order valence-electron chi connectivity index (χ4n) is 2.77. The molecule has 1 fully saturated rings. The number of hydrogen-bond acceptors (Lipinski definition) is 3. The minimum Gasteiger partial charge on any atom is -0.497 e. The van der Waals surface area contributed by atoms with Crippen LogP contribution in [-0.2, 0) is 0 Å². The molecule has 1 N–H and O–H groups in total. The third-order valence-electron chi connectivity index (χ3n) is 3.87. The summed E-state index contributed by atoms with van der Waals surface area (Å²) in [4.78, 5) is 0. The number of methoxy groups -OCH3 is 1. The van der Waals surface area contributed by atoms with Crippen LogP contribution in [0.15, 0.2) is 22.7 Å². The van der Waals surface area contributed by atoms with Gasteiger partial charge in [0.1, 0.15) is 18.1 Å². The number of halogens is 1. The largest absolute Gasteiger partial charge is 0.497 e. The van der Waals surface area contributed by atoms with Crippen molar-refractivity contribution in [2.24, 2.45) is 5.92 Å². The average Bonchev–Trinajstić information content (AvgIpc) is 2.45. The van der Waals surface area contributed by atoms with Gasteiger partial charge >= 0.3 is 0 Å². The summed E-state index contributed by atoms with van der Waals surface area (Å²) in [5, 5.41) is 3.60. The van der Waals surface area contributed by atoms with Gasteiger partial charge < -0.3 is 14.8 Å². The van der Waals surface area contributed by atoms with E-state index in [2.05, 4.69) is 28.2 Å². The molecule has 0 heterocycles. The molecular weight excluding hydrogens is 318 g/mol. The van der Waals surface area contributed by atoms with E-state index in [0.29, 0.717) is 12.6 Å². The van der Waals surface area contributed by atoms with Gasteiger partial charge in [-0.05, 0) is 52.9 Å². The van der Waals surface area contributed by atoms with Crippen LogP contribution in [0, 0.1) is 5.92 Å². The van der Waals surface area contributed by atoms with Gasteiger partial charge in [-0.3, -0.25) is 0 Å². The molecule has 112 valence electrons. The Morgan fingerprint density at radius 3 is 2.90 bits per heavy atom. The maximum absolute atomic E-state index is 5.79. The molecule has 1 aliphatic carbocycles. The molecule has 0 amide bonds. The van der Waals surface area contributed by atoms with Gasteiger partial charge in [0.05, 0.1) is 11.6 Å². The van der Waals surface area contributed by atoms with Crippen molar-refractivity contribution in [3.05, 3.63) is 22.7 Å². The lowest BCUT2D eigenvalue weighted by Crippen LogP contribution is -2.36. The van der Waals surface area contributed by atoms with E-state index in [9.17, 15) is 0 Å². The summed E-state index contributed by atoms with van der Waals surface area (Å²) >= 11 is 3.50. The van der Waals surface area contributed by atoms with Crippen molar-refractivity contribution in [3.8, 4) is 11.5 Å². The number of rotatable bonds is 6. The highest BCUT2D eigenvalue weighted by molar-refractivity contribution is 9.10. The van der Waals surface area contributed by atoms with E-state index in [0.717, 1.165) is 28.4 Å². The summed E-state index contributed by atoms with van der Waals surface area (Å²) in [5.74, 6) is 2.56. The van der Waals surface area contributed by atoms with Crippen LogP contribution in [0.2, 0.25) is 0 Å². The van der Waals surface area contributed by atoms with Gasteiger partial charge in [-0.2, -0.15) is 0 Å². The van der Waals surface area contributed by atoms with Gasteiger partial charge in [0.15, 0.2) is 0 Å². The molecule has 0 aliphatic heterocycles. The quantitative estimate of drug-likeness (QED) is 0.793. The zero-order valence-electron chi connectivity index (χ0n) is 12.3. The maximum atomic E-state index is 5.79. The Labute approximate surface area is 130 Å². The molecule has 2 rings (SSSR count). The average molecular weight is 342 g/mol. The first-order valence-electron chi connectivity index (χ1n) is 7.38. The summed E-state index contributed by atoms with van der Waals surface area (Å²) in [7, 11) is 1.66. The summed E-state index contributed by atoms with van der Waals surface area (Å²) in [6, 6.07) is 6.44. The van der Waals surface area contributed by atoms with Gasteiger partial charge in [-0.15, -0.1) is 0 Å². The predicted octanol–water partition coefficient (Wildman–Crippen LogP) is 4.00. The fraction of sp³-hybridized carbons (Fsp3) is 0.625. The van der Waals surface area contributed by atoms with Crippen molar-refractivity contribution >= 4 is 15.9 Å². The SMILES string of the molecule is COc1ccc(OCCNC2CCCC(C)C2)c(Br)c1. The van der Waals surface area contributed by atoms with Crippen LogP contribution in [0.4, 0.5) is 0 Å². The normalized spacial score (nSPS) is 22.6. The van der Waals surface area contributed by atoms with Gasteiger partial charge in [0.2, 0.25) is 0 Å². The van der Waals surface area contributed by atoms with Crippen molar-refractivity contribution in [1.29, 1.82) is 0 Å². The van der Waals surface area contributed by atoms with Crippen LogP contribution in [0.3, 0.4) is 0 Å². The highest BCUT2D eigenvalue weighted by Crippen LogP contribution is 2.29. The zero-order chi connectivity index (χ0) is 14.4. The van der Waals surface area contributed by atoms with E-state index in [1.54, 1.807) is 7.11 Å². The second-order valence-corrected chi connectivity index (χ2v) is 6.42. The smallest absolute Gasteiger partial charge is 0.133 e. The van der Waals surface area contributed by atoms with Crippen LogP contribution in [0.5, 0.6) is 11.5 Å². The first-order chi connectivity index (χ1) is 9.69. The summed E-state index contributed by atoms with van der Waals surface area (Å²) < 4.78 is 11.9. The van der Waals surface area contributed by atoms with Gasteiger partial charge in [0.25, 0.3) is 0 Å². The minimum absolute atomic E-state index is 0.668. The third-order valence-corrected chi connectivity index (χ3v) is 4.49. The van der Waals surface area contributed by atoms with Crippen LogP contribution in [0.25, 0.3) is 0 Å². The molecule has 1 saturated carbocycles. The van der Waals surface area contributed by atoms with E-state index in [1.807, 2.05) is 18.2 Å². The number of nitrogens with one attached hydrogen (secondary N) is 1. The molecule has 1 aromatic rings. The number of benzene rings is 1. The van der Waals surface area contributed by atoms with E-state index in [1.165, 1.54) is 25.7 Å². The summed E-state index contributed by atoms with van der Waals surface area (Å²) in [5.41, 5.74) is 0. The molecule has 0 spiro atoms. The zero-order valence-corrected chi connectivity index (χ0v) is 13.9. The Morgan fingerprint density at radius 1 is 1.35 bits per heavy atom. The van der Waals surface area contributed by atoms with E-state index in [4.69, 9.17) is 9.47 Å². The molecule has 1 aliphatic rings. The Bertz CT molecular complexity index is 425. The van der Waals surface area contributed by atoms with Gasteiger partial charge in [-0.25, -0.2) is 0 Å². The second-order valence-electron chi connectivity index (χ2n) is 5.57. The Hall–Kier alpha value is -0.740. The van der Waals surface area contributed by atoms with Crippen LogP contribution in [-0.4, -0.2) is 26.3 Å². The topological polar surface area (TPSA) is 30.5 Å². The van der Waals surface area contributed by atoms with Crippen LogP contribution < -0.4 is 14.8 Å². The molecule has 0 bridgehead atoms. The highest BCUT2D eigenvalue weighted by atomic mass is 79.9. The molecule has 0 aromatic heterocycles. The Kier molecular flexibility index (Phi) is 6.17. The highest BCUT2D eigenvalue weighted by Gasteiger charge is 2.17. The number of hydrogen-bond donors (Lipinski definition) is 1. The Morgan fingerprint density at radius 2 is 2.20 bits per heavy atom. The van der Waals surface area contributed by atoms with Crippen molar-refractivity contribution in [2.45, 2.75) is 38.6 Å². The fourth-order valence-corrected chi connectivity index (χ4v) is 3.24. The lowest BCUT2D eigenvalue weighted by Gasteiger charge is -2.27. The van der Waals surface area contributed by atoms with E-state index >= 15 is 0 Å². The minimum atomic E-state index is 0.668. The van der Waals surface area contributed by atoms with Crippen molar-refractivity contribution in [3.63, 3.8) is 0 Å². The maximum Gasteiger partial charge on any atom is 0.133 e. The molecule has 4 heteroatoms. The van der Waals surface area contributed by atoms with Crippen molar-refractivity contribution < 1.29 is 9.47 Å². The van der Waals surface area contributed by atoms with Crippen molar-refractivity contribution in [1.82, 2.24) is 5.32 Å². The lowest BCUT2D eigenvalue weighted by molar-refractivity contribution is 0.265. The first-order valence-corrected chi connectivity index (χ1v) is 8.18. The van der Waals surface area contributed by atoms with Gasteiger partial charge in [-0.1, -0.05) is 19.8 Å². The number of ether oxygens (including phenoxy) is 2. The summed E-state index contributed by atoms with van der Waals surface area (Å²) in [6.45, 7) is 3.93. The van der Waals surface area contributed by atoms with Crippen molar-refractivity contribution in [2.75, 3.05) is 20.3 Å². The third kappa shape index (κ3) is 4.67. The van der Waals surface area contributed by atoms with Gasteiger partial charge in [0, 0.05) is 12.6 Å². The molecule has 3 nitrogen and oxygen atoms in total. The second kappa shape index (κ2) is 7.89. The van der Waals surface area contributed by atoms with E-state index < -0.39 is 0 Å². The molecule has 1 aromatic carbocycles. The summed E-state index contributed by atoms with van der Waals surface area (Å²) in [6.07, 6.45) is 5.33. The predicted molar refractivity (Wildman–Crippen MR) is 85.6 cm³/mol. The molecule has 20 heavy (non-hydrogen) atoms. The molecule has 0 saturated heterocycles. The van der Waals surface area contributed by atoms with E-state index in [-0.39, 0.29) is 0 Å². The standard InChI is InChI=1S/C16H24BrNO2/c1-12-4-3-5-13(10-12)18-8-9-20-16-7-6-14(19-2)11-15(16)17/h6-7,11-13,18H,3-5,8-10H2,1-2H3. The molecule has 0 radical (unpaired) electrons. The first kappa shape index (κ1) is 15.6. The molecular formula is C16H24BrNO2. The monoisotopic (exact) mass is 341 g/mol. The Balaban J connectivity index is 1.70. The van der Waals surface area contributed by atoms with Crippen LogP contribution >= 0.6 is 15.9 Å². The molecule has 2 atom stereocenters. The molecule has 2 unspecified atom stereocenters.